The van der Waals surface area contributed by atoms with Crippen LogP contribution in [0.1, 0.15) is 31.0 Å². The van der Waals surface area contributed by atoms with Crippen LogP contribution < -0.4 is 5.43 Å². The van der Waals surface area contributed by atoms with E-state index in [0.29, 0.717) is 5.92 Å². The van der Waals surface area contributed by atoms with Gasteiger partial charge in [-0.05, 0) is 24.5 Å². The quantitative estimate of drug-likeness (QED) is 0.770. The third-order valence-corrected chi connectivity index (χ3v) is 4.31. The molecule has 0 saturated heterocycles. The number of pyridine rings is 1. The summed E-state index contributed by atoms with van der Waals surface area (Å²) >= 11 is 1.57. The fraction of sp³-hybridized carbons (Fsp3) is 0.250. The number of para-hydroxylation sites is 1. The van der Waals surface area contributed by atoms with Gasteiger partial charge in [0.05, 0.1) is 16.9 Å². The van der Waals surface area contributed by atoms with Crippen LogP contribution in [0.5, 0.6) is 0 Å². The molecule has 0 unspecified atom stereocenters. The molecule has 0 fully saturated rings. The van der Waals surface area contributed by atoms with Crippen LogP contribution in [-0.4, -0.2) is 9.97 Å². The molecule has 3 rings (SSSR count). The Balaban J connectivity index is 2.21. The Kier molecular flexibility index (Phi) is 3.18. The first-order valence-electron chi connectivity index (χ1n) is 6.64. The highest BCUT2D eigenvalue weighted by atomic mass is 32.1. The van der Waals surface area contributed by atoms with E-state index in [1.165, 1.54) is 0 Å². The summed E-state index contributed by atoms with van der Waals surface area (Å²) in [6.07, 6.45) is 0. The first-order chi connectivity index (χ1) is 9.56. The largest absolute Gasteiger partial charge is 0.352 e. The fourth-order valence-electron chi connectivity index (χ4n) is 2.21. The second-order valence-corrected chi connectivity index (χ2v) is 6.14. The Bertz CT molecular complexity index is 830. The molecule has 0 aliphatic carbocycles. The van der Waals surface area contributed by atoms with E-state index in [4.69, 9.17) is 0 Å². The summed E-state index contributed by atoms with van der Waals surface area (Å²) in [7, 11) is 0. The molecule has 0 bridgehead atoms. The zero-order valence-electron chi connectivity index (χ0n) is 11.7. The van der Waals surface area contributed by atoms with Crippen molar-refractivity contribution in [3.63, 3.8) is 0 Å². The molecular formula is C16H16N2OS. The molecular weight excluding hydrogens is 268 g/mol. The molecule has 102 valence electrons. The van der Waals surface area contributed by atoms with E-state index in [1.54, 1.807) is 17.4 Å². The van der Waals surface area contributed by atoms with Crippen molar-refractivity contribution in [1.82, 2.24) is 9.97 Å². The van der Waals surface area contributed by atoms with Crippen molar-refractivity contribution in [3.8, 4) is 10.7 Å². The summed E-state index contributed by atoms with van der Waals surface area (Å²) in [5.74, 6) is 0.397. The lowest BCUT2D eigenvalue weighted by molar-refractivity contribution is 0.834. The number of benzene rings is 1. The van der Waals surface area contributed by atoms with E-state index >= 15 is 0 Å². The SMILES string of the molecule is Cc1cccc2c(=O)cc(-c3nc(C(C)C)cs3)[nH]c12. The molecule has 1 N–H and O–H groups in total. The van der Waals surface area contributed by atoms with Crippen molar-refractivity contribution < 1.29 is 0 Å². The van der Waals surface area contributed by atoms with Crippen molar-refractivity contribution in [2.75, 3.05) is 0 Å². The summed E-state index contributed by atoms with van der Waals surface area (Å²) in [5.41, 5.74) is 3.88. The Labute approximate surface area is 121 Å². The van der Waals surface area contributed by atoms with Gasteiger partial charge in [0.2, 0.25) is 0 Å². The molecule has 2 heterocycles. The van der Waals surface area contributed by atoms with Gasteiger partial charge in [0.1, 0.15) is 5.01 Å². The van der Waals surface area contributed by atoms with E-state index < -0.39 is 0 Å². The van der Waals surface area contributed by atoms with Crippen molar-refractivity contribution >= 4 is 22.2 Å². The number of hydrogen-bond acceptors (Lipinski definition) is 3. The van der Waals surface area contributed by atoms with E-state index in [9.17, 15) is 4.79 Å². The minimum Gasteiger partial charge on any atom is -0.352 e. The number of aromatic amines is 1. The molecule has 3 nitrogen and oxygen atoms in total. The Morgan fingerprint density at radius 2 is 2.10 bits per heavy atom. The number of thiazole rings is 1. The van der Waals surface area contributed by atoms with Gasteiger partial charge in [0.15, 0.2) is 5.43 Å². The molecule has 20 heavy (non-hydrogen) atoms. The van der Waals surface area contributed by atoms with Gasteiger partial charge in [-0.3, -0.25) is 4.79 Å². The van der Waals surface area contributed by atoms with E-state index in [1.807, 2.05) is 25.1 Å². The highest BCUT2D eigenvalue weighted by Crippen LogP contribution is 2.26. The summed E-state index contributed by atoms with van der Waals surface area (Å²) in [5, 5.41) is 3.66. The van der Waals surface area contributed by atoms with Gasteiger partial charge in [-0.2, -0.15) is 0 Å². The average molecular weight is 284 g/mol. The third-order valence-electron chi connectivity index (χ3n) is 3.42. The molecule has 4 heteroatoms. The molecule has 2 aromatic heterocycles. The monoisotopic (exact) mass is 284 g/mol. The number of aromatic nitrogens is 2. The topological polar surface area (TPSA) is 45.8 Å². The van der Waals surface area contributed by atoms with Crippen LogP contribution in [-0.2, 0) is 0 Å². The number of rotatable bonds is 2. The predicted octanol–water partition coefficient (Wildman–Crippen LogP) is 4.08. The van der Waals surface area contributed by atoms with Crippen molar-refractivity contribution in [3.05, 3.63) is 51.1 Å². The summed E-state index contributed by atoms with van der Waals surface area (Å²) in [6, 6.07) is 7.41. The van der Waals surface area contributed by atoms with Gasteiger partial charge in [0, 0.05) is 16.8 Å². The molecule has 0 atom stereocenters. The number of nitrogens with zero attached hydrogens (tertiary/aromatic N) is 1. The molecule has 0 saturated carbocycles. The van der Waals surface area contributed by atoms with Crippen LogP contribution in [0.3, 0.4) is 0 Å². The van der Waals surface area contributed by atoms with Crippen LogP contribution >= 0.6 is 11.3 Å². The van der Waals surface area contributed by atoms with Gasteiger partial charge < -0.3 is 4.98 Å². The summed E-state index contributed by atoms with van der Waals surface area (Å²) in [6.45, 7) is 6.24. The number of aryl methyl sites for hydroxylation is 1. The summed E-state index contributed by atoms with van der Waals surface area (Å²) < 4.78 is 0. The van der Waals surface area contributed by atoms with Gasteiger partial charge in [-0.25, -0.2) is 4.98 Å². The molecule has 0 amide bonds. The Hall–Kier alpha value is -1.94. The maximum atomic E-state index is 12.2. The Morgan fingerprint density at radius 1 is 1.30 bits per heavy atom. The standard InChI is InChI=1S/C16H16N2OS/c1-9(2)13-8-20-16(18-13)12-7-14(19)11-6-4-5-10(3)15(11)17-12/h4-9H,1-3H3,(H,17,19). The maximum Gasteiger partial charge on any atom is 0.190 e. The van der Waals surface area contributed by atoms with Crippen molar-refractivity contribution in [1.29, 1.82) is 0 Å². The van der Waals surface area contributed by atoms with E-state index in [0.717, 1.165) is 32.9 Å². The van der Waals surface area contributed by atoms with Crippen LogP contribution in [0.2, 0.25) is 0 Å². The van der Waals surface area contributed by atoms with Crippen molar-refractivity contribution in [2.24, 2.45) is 0 Å². The lowest BCUT2D eigenvalue weighted by atomic mass is 10.1. The lowest BCUT2D eigenvalue weighted by Gasteiger charge is -2.04. The highest BCUT2D eigenvalue weighted by Gasteiger charge is 2.10. The number of fused-ring (bicyclic) bond motifs is 1. The minimum absolute atomic E-state index is 0.0405. The third kappa shape index (κ3) is 2.16. The zero-order valence-corrected chi connectivity index (χ0v) is 12.5. The van der Waals surface area contributed by atoms with E-state index in [-0.39, 0.29) is 5.43 Å². The molecule has 0 radical (unpaired) electrons. The summed E-state index contributed by atoms with van der Waals surface area (Å²) in [4.78, 5) is 20.2. The second kappa shape index (κ2) is 4.87. The lowest BCUT2D eigenvalue weighted by Crippen LogP contribution is -2.03. The number of nitrogens with one attached hydrogen (secondary N) is 1. The molecule has 0 aliphatic rings. The molecule has 3 aromatic rings. The zero-order chi connectivity index (χ0) is 14.3. The second-order valence-electron chi connectivity index (χ2n) is 5.28. The van der Waals surface area contributed by atoms with E-state index in [2.05, 4.69) is 29.2 Å². The first-order valence-corrected chi connectivity index (χ1v) is 7.52. The highest BCUT2D eigenvalue weighted by molar-refractivity contribution is 7.13. The van der Waals surface area contributed by atoms with Crippen LogP contribution in [0, 0.1) is 6.92 Å². The van der Waals surface area contributed by atoms with Crippen LogP contribution in [0.25, 0.3) is 21.6 Å². The van der Waals surface area contributed by atoms with Crippen molar-refractivity contribution in [2.45, 2.75) is 26.7 Å². The van der Waals surface area contributed by atoms with Crippen LogP contribution in [0.4, 0.5) is 0 Å². The van der Waals surface area contributed by atoms with Gasteiger partial charge in [0.25, 0.3) is 0 Å². The molecule has 0 aliphatic heterocycles. The first kappa shape index (κ1) is 13.1. The van der Waals surface area contributed by atoms with Gasteiger partial charge in [-0.1, -0.05) is 26.0 Å². The van der Waals surface area contributed by atoms with Gasteiger partial charge >= 0.3 is 0 Å². The number of H-pyrrole nitrogens is 1. The van der Waals surface area contributed by atoms with Gasteiger partial charge in [-0.15, -0.1) is 11.3 Å². The maximum absolute atomic E-state index is 12.2. The predicted molar refractivity (Wildman–Crippen MR) is 84.5 cm³/mol. The molecule has 0 spiro atoms. The fourth-order valence-corrected chi connectivity index (χ4v) is 3.16. The normalized spacial score (nSPS) is 11.4. The average Bonchev–Trinajstić information content (AvgIpc) is 2.89. The number of hydrogen-bond donors (Lipinski definition) is 1. The van der Waals surface area contributed by atoms with Crippen LogP contribution in [0.15, 0.2) is 34.4 Å². The molecule has 1 aromatic carbocycles. The smallest absolute Gasteiger partial charge is 0.190 e. The minimum atomic E-state index is 0.0405. The Morgan fingerprint density at radius 3 is 2.80 bits per heavy atom.